The molecule has 0 aromatic heterocycles. The second-order valence-electron chi connectivity index (χ2n) is 3.57. The maximum Gasteiger partial charge on any atom is 0.306 e. The van der Waals surface area contributed by atoms with E-state index in [1.54, 1.807) is 14.0 Å². The van der Waals surface area contributed by atoms with Gasteiger partial charge in [0.1, 0.15) is 5.75 Å². The van der Waals surface area contributed by atoms with Gasteiger partial charge in [-0.05, 0) is 31.5 Å². The molecular formula is C13H15BrO3S. The largest absolute Gasteiger partial charge is 0.496 e. The van der Waals surface area contributed by atoms with E-state index in [-0.39, 0.29) is 5.97 Å². The first-order valence-corrected chi connectivity index (χ1v) is 6.81. The second-order valence-corrected chi connectivity index (χ2v) is 4.98. The van der Waals surface area contributed by atoms with Crippen LogP contribution in [0, 0.1) is 0 Å². The molecule has 0 saturated carbocycles. The molecule has 1 aromatic rings. The normalized spacial score (nSPS) is 9.94. The highest BCUT2D eigenvalue weighted by atomic mass is 79.9. The van der Waals surface area contributed by atoms with Crippen molar-refractivity contribution < 1.29 is 14.3 Å². The number of benzene rings is 1. The summed E-state index contributed by atoms with van der Waals surface area (Å²) in [5, 5.41) is 0. The van der Waals surface area contributed by atoms with Crippen molar-refractivity contribution >= 4 is 39.0 Å². The lowest BCUT2D eigenvalue weighted by Crippen LogP contribution is -2.08. The van der Waals surface area contributed by atoms with E-state index in [1.165, 1.54) is 0 Å². The van der Waals surface area contributed by atoms with Gasteiger partial charge in [0.05, 0.1) is 20.1 Å². The zero-order valence-corrected chi connectivity index (χ0v) is 12.8. The number of hydrogen-bond donors (Lipinski definition) is 0. The first-order chi connectivity index (χ1) is 8.58. The molecule has 3 nitrogen and oxygen atoms in total. The van der Waals surface area contributed by atoms with Gasteiger partial charge in [-0.25, -0.2) is 0 Å². The highest BCUT2D eigenvalue weighted by Gasteiger charge is 2.11. The minimum absolute atomic E-state index is 0.226. The zero-order valence-electron chi connectivity index (χ0n) is 10.4. The molecule has 5 heteroatoms. The van der Waals surface area contributed by atoms with Gasteiger partial charge in [0.15, 0.2) is 0 Å². The Morgan fingerprint density at radius 2 is 2.11 bits per heavy atom. The quantitative estimate of drug-likeness (QED) is 0.454. The molecule has 0 atom stereocenters. The minimum Gasteiger partial charge on any atom is -0.496 e. The zero-order chi connectivity index (χ0) is 13.5. The summed E-state index contributed by atoms with van der Waals surface area (Å²) in [6.07, 6.45) is 0.790. The maximum atomic E-state index is 11.3. The molecule has 0 heterocycles. The maximum absolute atomic E-state index is 11.3. The number of carbonyl (C=O) groups excluding carboxylic acids is 1. The minimum atomic E-state index is -0.226. The first-order valence-electron chi connectivity index (χ1n) is 5.60. The molecule has 1 aromatic carbocycles. The summed E-state index contributed by atoms with van der Waals surface area (Å²) in [6, 6.07) is 5.64. The first kappa shape index (κ1) is 15.1. The van der Waals surface area contributed by atoms with E-state index in [0.29, 0.717) is 30.1 Å². The molecule has 0 fully saturated rings. The highest BCUT2D eigenvalue weighted by Crippen LogP contribution is 2.25. The molecular weight excluding hydrogens is 316 g/mol. The number of carbonyl (C=O) groups is 1. The number of esters is 1. The predicted octanol–water partition coefficient (Wildman–Crippen LogP) is 3.52. The van der Waals surface area contributed by atoms with Crippen LogP contribution in [0.1, 0.15) is 25.3 Å². The fraction of sp³-hybridized carbons (Fsp3) is 0.385. The van der Waals surface area contributed by atoms with E-state index >= 15 is 0 Å². The van der Waals surface area contributed by atoms with Gasteiger partial charge < -0.3 is 9.47 Å². The number of thiocarbonyl (C=S) groups is 1. The van der Waals surface area contributed by atoms with Gasteiger partial charge in [0.25, 0.3) is 0 Å². The summed E-state index contributed by atoms with van der Waals surface area (Å²) >= 11 is 8.69. The van der Waals surface area contributed by atoms with Gasteiger partial charge in [-0.1, -0.05) is 28.1 Å². The third-order valence-corrected chi connectivity index (χ3v) is 3.24. The molecule has 18 heavy (non-hydrogen) atoms. The average molecular weight is 331 g/mol. The standard InChI is InChI=1S/C13H15BrO3S/c1-3-17-13(15)7-6-12(18)10-5-4-9(14)8-11(10)16-2/h4-5,8H,3,6-7H2,1-2H3. The Balaban J connectivity index is 2.69. The van der Waals surface area contributed by atoms with Crippen molar-refractivity contribution in [1.82, 2.24) is 0 Å². The van der Waals surface area contributed by atoms with Gasteiger partial charge in [-0.15, -0.1) is 0 Å². The summed E-state index contributed by atoms with van der Waals surface area (Å²) in [7, 11) is 1.60. The number of methoxy groups -OCH3 is 1. The van der Waals surface area contributed by atoms with Crippen molar-refractivity contribution in [3.05, 3.63) is 28.2 Å². The van der Waals surface area contributed by atoms with Gasteiger partial charge in [0.2, 0.25) is 0 Å². The molecule has 0 spiro atoms. The van der Waals surface area contributed by atoms with Crippen LogP contribution in [-0.2, 0) is 9.53 Å². The molecule has 0 aliphatic carbocycles. The van der Waals surface area contributed by atoms with E-state index < -0.39 is 0 Å². The van der Waals surface area contributed by atoms with E-state index in [9.17, 15) is 4.79 Å². The van der Waals surface area contributed by atoms with Crippen molar-refractivity contribution in [3.63, 3.8) is 0 Å². The Bertz CT molecular complexity index is 446. The van der Waals surface area contributed by atoms with Gasteiger partial charge in [-0.2, -0.15) is 0 Å². The van der Waals surface area contributed by atoms with Gasteiger partial charge in [0, 0.05) is 14.9 Å². The van der Waals surface area contributed by atoms with E-state index in [2.05, 4.69) is 15.9 Å². The lowest BCUT2D eigenvalue weighted by atomic mass is 10.1. The smallest absolute Gasteiger partial charge is 0.306 e. The topological polar surface area (TPSA) is 35.5 Å². The molecule has 0 radical (unpaired) electrons. The van der Waals surface area contributed by atoms with Gasteiger partial charge in [-0.3, -0.25) is 4.79 Å². The number of rotatable bonds is 6. The van der Waals surface area contributed by atoms with Crippen molar-refractivity contribution in [3.8, 4) is 5.75 Å². The van der Waals surface area contributed by atoms with Crippen LogP contribution in [0.25, 0.3) is 0 Å². The van der Waals surface area contributed by atoms with Crippen LogP contribution >= 0.6 is 28.1 Å². The second kappa shape index (κ2) is 7.48. The third kappa shape index (κ3) is 4.38. The summed E-state index contributed by atoms with van der Waals surface area (Å²) in [4.78, 5) is 12.0. The highest BCUT2D eigenvalue weighted by molar-refractivity contribution is 9.10. The molecule has 1 rings (SSSR count). The van der Waals surface area contributed by atoms with Crippen molar-refractivity contribution in [2.75, 3.05) is 13.7 Å². The molecule has 0 aliphatic heterocycles. The fourth-order valence-corrected chi connectivity index (χ4v) is 2.09. The molecule has 0 bridgehead atoms. The Morgan fingerprint density at radius 3 is 2.72 bits per heavy atom. The molecule has 0 N–H and O–H groups in total. The van der Waals surface area contributed by atoms with E-state index in [1.807, 2.05) is 18.2 Å². The molecule has 0 saturated heterocycles. The number of ether oxygens (including phenoxy) is 2. The molecule has 0 amide bonds. The van der Waals surface area contributed by atoms with E-state index in [4.69, 9.17) is 21.7 Å². The van der Waals surface area contributed by atoms with Crippen molar-refractivity contribution in [2.45, 2.75) is 19.8 Å². The lowest BCUT2D eigenvalue weighted by Gasteiger charge is -2.10. The third-order valence-electron chi connectivity index (χ3n) is 2.33. The average Bonchev–Trinajstić information content (AvgIpc) is 2.36. The monoisotopic (exact) mass is 330 g/mol. The summed E-state index contributed by atoms with van der Waals surface area (Å²) < 4.78 is 11.1. The molecule has 0 aliphatic rings. The Kier molecular flexibility index (Phi) is 6.29. The number of halogens is 1. The van der Waals surface area contributed by atoms with Crippen LogP contribution in [0.15, 0.2) is 22.7 Å². The van der Waals surface area contributed by atoms with Crippen molar-refractivity contribution in [2.24, 2.45) is 0 Å². The Morgan fingerprint density at radius 1 is 1.39 bits per heavy atom. The van der Waals surface area contributed by atoms with Crippen LogP contribution in [-0.4, -0.2) is 24.6 Å². The van der Waals surface area contributed by atoms with Crippen LogP contribution in [0.5, 0.6) is 5.75 Å². The lowest BCUT2D eigenvalue weighted by molar-refractivity contribution is -0.142. The summed E-state index contributed by atoms with van der Waals surface area (Å²) in [5.41, 5.74) is 0.847. The number of hydrogen-bond acceptors (Lipinski definition) is 4. The van der Waals surface area contributed by atoms with E-state index in [0.717, 1.165) is 10.0 Å². The van der Waals surface area contributed by atoms with Gasteiger partial charge >= 0.3 is 5.97 Å². The van der Waals surface area contributed by atoms with Crippen LogP contribution in [0.2, 0.25) is 0 Å². The van der Waals surface area contributed by atoms with Crippen molar-refractivity contribution in [1.29, 1.82) is 0 Å². The Labute approximate surface area is 121 Å². The fourth-order valence-electron chi connectivity index (χ4n) is 1.48. The summed E-state index contributed by atoms with van der Waals surface area (Å²) in [5.74, 6) is 0.481. The SMILES string of the molecule is CCOC(=O)CCC(=S)c1ccc(Br)cc1OC. The van der Waals surface area contributed by atoms with Crippen LogP contribution < -0.4 is 4.74 Å². The van der Waals surface area contributed by atoms with Crippen LogP contribution in [0.4, 0.5) is 0 Å². The summed E-state index contributed by atoms with van der Waals surface area (Å²) in [6.45, 7) is 2.18. The predicted molar refractivity (Wildman–Crippen MR) is 78.3 cm³/mol. The molecule has 0 unspecified atom stereocenters. The molecule has 98 valence electrons. The van der Waals surface area contributed by atoms with Crippen LogP contribution in [0.3, 0.4) is 0 Å². The Hall–Kier alpha value is -0.940.